The molecule has 1 saturated heterocycles. The van der Waals surface area contributed by atoms with Gasteiger partial charge in [-0.3, -0.25) is 14.5 Å². The van der Waals surface area contributed by atoms with Gasteiger partial charge < -0.3 is 14.6 Å². The van der Waals surface area contributed by atoms with Gasteiger partial charge in [0, 0.05) is 10.4 Å². The first-order chi connectivity index (χ1) is 16.9. The Labute approximate surface area is 209 Å². The number of carbonyl (C=O) groups excluding carboxylic acids is 2. The third-order valence-corrected chi connectivity index (χ3v) is 7.74. The first kappa shape index (κ1) is 23.1. The minimum atomic E-state index is -0.787. The maximum atomic E-state index is 13.3. The third-order valence-electron chi connectivity index (χ3n) is 5.80. The predicted octanol–water partition coefficient (Wildman–Crippen LogP) is 5.70. The van der Waals surface area contributed by atoms with Gasteiger partial charge in [0.1, 0.15) is 23.3 Å². The SMILES string of the molecule is CCOc1ccc(/C(O)=C2\C(=O)C(=O)N(c3nc4cc(C)c(OC)cc4s3)C2c2cccs2)cc1. The Morgan fingerprint density at radius 2 is 1.94 bits per heavy atom. The molecule has 1 atom stereocenters. The molecule has 35 heavy (non-hydrogen) atoms. The summed E-state index contributed by atoms with van der Waals surface area (Å²) in [5.74, 6) is -0.327. The van der Waals surface area contributed by atoms with E-state index in [-0.39, 0.29) is 11.3 Å². The molecule has 4 aromatic rings. The Hall–Kier alpha value is -3.69. The molecule has 7 nitrogen and oxygen atoms in total. The van der Waals surface area contributed by atoms with Gasteiger partial charge in [-0.25, -0.2) is 4.98 Å². The van der Waals surface area contributed by atoms with Crippen LogP contribution in [-0.4, -0.2) is 35.5 Å². The van der Waals surface area contributed by atoms with Gasteiger partial charge in [0.15, 0.2) is 5.13 Å². The van der Waals surface area contributed by atoms with E-state index in [1.807, 2.05) is 43.5 Å². The van der Waals surface area contributed by atoms with Crippen LogP contribution in [-0.2, 0) is 9.59 Å². The molecule has 1 fully saturated rings. The molecule has 0 bridgehead atoms. The van der Waals surface area contributed by atoms with E-state index in [9.17, 15) is 14.7 Å². The van der Waals surface area contributed by atoms with Crippen LogP contribution < -0.4 is 14.4 Å². The van der Waals surface area contributed by atoms with Crippen molar-refractivity contribution in [3.63, 3.8) is 0 Å². The summed E-state index contributed by atoms with van der Waals surface area (Å²) in [7, 11) is 1.60. The van der Waals surface area contributed by atoms with Gasteiger partial charge in [-0.15, -0.1) is 11.3 Å². The number of aromatic nitrogens is 1. The van der Waals surface area contributed by atoms with Gasteiger partial charge in [-0.05, 0) is 67.3 Å². The minimum Gasteiger partial charge on any atom is -0.507 e. The minimum absolute atomic E-state index is 0.0367. The van der Waals surface area contributed by atoms with Crippen molar-refractivity contribution in [2.45, 2.75) is 19.9 Å². The van der Waals surface area contributed by atoms with Crippen molar-refractivity contribution in [2.75, 3.05) is 18.6 Å². The largest absolute Gasteiger partial charge is 0.507 e. The average molecular weight is 507 g/mol. The van der Waals surface area contributed by atoms with Gasteiger partial charge in [-0.1, -0.05) is 17.4 Å². The zero-order valence-corrected chi connectivity index (χ0v) is 20.9. The van der Waals surface area contributed by atoms with Gasteiger partial charge in [0.25, 0.3) is 5.78 Å². The number of hydrogen-bond donors (Lipinski definition) is 1. The number of carbonyl (C=O) groups is 2. The summed E-state index contributed by atoms with van der Waals surface area (Å²) in [5, 5.41) is 13.5. The maximum absolute atomic E-state index is 13.3. The van der Waals surface area contributed by atoms with Gasteiger partial charge >= 0.3 is 5.91 Å². The number of fused-ring (bicyclic) bond motifs is 1. The zero-order valence-electron chi connectivity index (χ0n) is 19.3. The van der Waals surface area contributed by atoms with Crippen LogP contribution in [0.15, 0.2) is 59.5 Å². The number of nitrogens with zero attached hydrogens (tertiary/aromatic N) is 2. The van der Waals surface area contributed by atoms with Crippen LogP contribution in [0.2, 0.25) is 0 Å². The van der Waals surface area contributed by atoms with Crippen molar-refractivity contribution in [1.29, 1.82) is 0 Å². The summed E-state index contributed by atoms with van der Waals surface area (Å²) >= 11 is 2.71. The normalized spacial score (nSPS) is 17.3. The predicted molar refractivity (Wildman–Crippen MR) is 138 cm³/mol. The number of hydrogen-bond acceptors (Lipinski definition) is 8. The Balaban J connectivity index is 1.65. The van der Waals surface area contributed by atoms with E-state index in [1.165, 1.54) is 27.6 Å². The summed E-state index contributed by atoms with van der Waals surface area (Å²) < 4.78 is 11.7. The number of benzene rings is 2. The fourth-order valence-electron chi connectivity index (χ4n) is 4.15. The van der Waals surface area contributed by atoms with E-state index in [2.05, 4.69) is 4.98 Å². The van der Waals surface area contributed by atoms with E-state index in [0.717, 1.165) is 20.9 Å². The number of aliphatic hydroxyl groups is 1. The second-order valence-electron chi connectivity index (χ2n) is 7.93. The lowest BCUT2D eigenvalue weighted by atomic mass is 10.00. The average Bonchev–Trinajstić information content (AvgIpc) is 3.57. The fraction of sp³-hybridized carbons (Fsp3) is 0.192. The van der Waals surface area contributed by atoms with E-state index in [0.29, 0.717) is 28.6 Å². The van der Waals surface area contributed by atoms with Gasteiger partial charge in [0.05, 0.1) is 29.5 Å². The molecule has 178 valence electrons. The van der Waals surface area contributed by atoms with Crippen LogP contribution in [0.1, 0.15) is 29.0 Å². The zero-order chi connectivity index (χ0) is 24.7. The number of Topliss-reactive ketones (excluding diaryl/α,β-unsaturated/α-hetero) is 1. The molecule has 0 spiro atoms. The number of amides is 1. The van der Waals surface area contributed by atoms with Gasteiger partial charge in [-0.2, -0.15) is 0 Å². The summed E-state index contributed by atoms with van der Waals surface area (Å²) in [5.41, 5.74) is 2.10. The molecular formula is C26H22N2O5S2. The van der Waals surface area contributed by atoms with Crippen LogP contribution in [0.3, 0.4) is 0 Å². The van der Waals surface area contributed by atoms with Crippen molar-refractivity contribution in [2.24, 2.45) is 0 Å². The molecule has 1 unspecified atom stereocenters. The van der Waals surface area contributed by atoms with Crippen molar-refractivity contribution in [3.8, 4) is 11.5 Å². The quantitative estimate of drug-likeness (QED) is 0.205. The smallest absolute Gasteiger partial charge is 0.301 e. The van der Waals surface area contributed by atoms with Gasteiger partial charge in [0.2, 0.25) is 0 Å². The number of ketones is 1. The first-order valence-corrected chi connectivity index (χ1v) is 12.6. The molecule has 5 rings (SSSR count). The van der Waals surface area contributed by atoms with Crippen LogP contribution in [0, 0.1) is 6.92 Å². The third kappa shape index (κ3) is 3.96. The number of aryl methyl sites for hydroxylation is 1. The molecule has 0 aliphatic carbocycles. The number of thiazole rings is 1. The Morgan fingerprint density at radius 3 is 2.60 bits per heavy atom. The number of thiophene rings is 1. The second kappa shape index (κ2) is 9.16. The van der Waals surface area contributed by atoms with E-state index in [1.54, 1.807) is 31.4 Å². The molecule has 0 radical (unpaired) electrons. The monoisotopic (exact) mass is 506 g/mol. The number of anilines is 1. The van der Waals surface area contributed by atoms with E-state index in [4.69, 9.17) is 9.47 Å². The van der Waals surface area contributed by atoms with Crippen molar-refractivity contribution < 1.29 is 24.2 Å². The Morgan fingerprint density at radius 1 is 1.17 bits per heavy atom. The summed E-state index contributed by atoms with van der Waals surface area (Å²) in [6.07, 6.45) is 0. The first-order valence-electron chi connectivity index (χ1n) is 11.0. The topological polar surface area (TPSA) is 89.0 Å². The number of methoxy groups -OCH3 is 1. The molecule has 1 aliphatic rings. The summed E-state index contributed by atoms with van der Waals surface area (Å²) in [4.78, 5) is 33.4. The molecule has 2 aromatic carbocycles. The fourth-order valence-corrected chi connectivity index (χ4v) is 5.97. The Bertz CT molecular complexity index is 1460. The van der Waals surface area contributed by atoms with Crippen LogP contribution in [0.25, 0.3) is 16.0 Å². The molecule has 9 heteroatoms. The molecule has 1 N–H and O–H groups in total. The molecular weight excluding hydrogens is 484 g/mol. The lowest BCUT2D eigenvalue weighted by Gasteiger charge is -2.21. The molecule has 3 heterocycles. The molecule has 0 saturated carbocycles. The van der Waals surface area contributed by atoms with Crippen molar-refractivity contribution in [1.82, 2.24) is 4.98 Å². The summed E-state index contributed by atoms with van der Waals surface area (Å²) in [6, 6.07) is 13.5. The standard InChI is InChI=1S/C26H22N2O5S2/c1-4-33-16-9-7-15(8-10-16)23(29)21-22(19-6-5-11-34-19)28(25(31)24(21)30)26-27-17-12-14(2)18(32-3)13-20(17)35-26/h5-13,22,29H,4H2,1-3H3/b23-21+. The highest BCUT2D eigenvalue weighted by Gasteiger charge is 2.48. The molecule has 1 amide bonds. The van der Waals surface area contributed by atoms with Crippen LogP contribution >= 0.6 is 22.7 Å². The van der Waals surface area contributed by atoms with Crippen molar-refractivity contribution >= 4 is 55.5 Å². The number of aliphatic hydroxyl groups excluding tert-OH is 1. The highest BCUT2D eigenvalue weighted by Crippen LogP contribution is 2.46. The van der Waals surface area contributed by atoms with Crippen molar-refractivity contribution in [3.05, 3.63) is 75.5 Å². The lowest BCUT2D eigenvalue weighted by molar-refractivity contribution is -0.132. The second-order valence-corrected chi connectivity index (χ2v) is 9.92. The molecule has 2 aromatic heterocycles. The number of ether oxygens (including phenoxy) is 2. The maximum Gasteiger partial charge on any atom is 0.301 e. The Kier molecular flexibility index (Phi) is 6.04. The lowest BCUT2D eigenvalue weighted by Crippen LogP contribution is -2.28. The molecule has 1 aliphatic heterocycles. The van der Waals surface area contributed by atoms with E-state index < -0.39 is 17.7 Å². The van der Waals surface area contributed by atoms with Crippen LogP contribution in [0.5, 0.6) is 11.5 Å². The number of rotatable bonds is 6. The van der Waals surface area contributed by atoms with E-state index >= 15 is 0 Å². The highest BCUT2D eigenvalue weighted by atomic mass is 32.1. The summed E-state index contributed by atoms with van der Waals surface area (Å²) in [6.45, 7) is 4.32. The highest BCUT2D eigenvalue weighted by molar-refractivity contribution is 7.22. The van der Waals surface area contributed by atoms with Crippen LogP contribution in [0.4, 0.5) is 5.13 Å².